The second-order valence-electron chi connectivity index (χ2n) is 4.07. The van der Waals surface area contributed by atoms with Crippen LogP contribution in [0, 0.1) is 5.82 Å². The number of primary sulfonamides is 1. The minimum atomic E-state index is -4.00. The van der Waals surface area contributed by atoms with Gasteiger partial charge in [0, 0.05) is 29.4 Å². The fourth-order valence-corrected chi connectivity index (χ4v) is 2.52. The lowest BCUT2D eigenvalue weighted by molar-refractivity contribution is 0.0949. The number of carbonyl (C=O) groups is 1. The van der Waals surface area contributed by atoms with E-state index in [-0.39, 0.29) is 11.4 Å². The van der Waals surface area contributed by atoms with Crippen molar-refractivity contribution >= 4 is 26.7 Å². The van der Waals surface area contributed by atoms with Crippen LogP contribution in [0.15, 0.2) is 23.1 Å². The summed E-state index contributed by atoms with van der Waals surface area (Å²) >= 11 is 0. The molecule has 1 aromatic carbocycles. The van der Waals surface area contributed by atoms with Crippen LogP contribution >= 0.6 is 0 Å². The standard InChI is InChI=1S/C11H15FN2O4S2/c1-19(16)6-2-5-14-11(15)9-7-8(20(13,17)18)3-4-10(9)12/h3-4,7H,2,5-6H2,1H3,(H,14,15)(H2,13,17,18). The van der Waals surface area contributed by atoms with Gasteiger partial charge in [-0.2, -0.15) is 0 Å². The monoisotopic (exact) mass is 322 g/mol. The summed E-state index contributed by atoms with van der Waals surface area (Å²) in [5, 5.41) is 7.34. The Bertz CT molecular complexity index is 631. The van der Waals surface area contributed by atoms with Crippen molar-refractivity contribution in [3.63, 3.8) is 0 Å². The van der Waals surface area contributed by atoms with Gasteiger partial charge in [-0.25, -0.2) is 17.9 Å². The van der Waals surface area contributed by atoms with Crippen LogP contribution in [0.3, 0.4) is 0 Å². The first-order chi connectivity index (χ1) is 9.21. The Balaban J connectivity index is 2.80. The minimum absolute atomic E-state index is 0.220. The fraction of sp³-hybridized carbons (Fsp3) is 0.364. The summed E-state index contributed by atoms with van der Waals surface area (Å²) in [5.74, 6) is -1.16. The Morgan fingerprint density at radius 3 is 2.65 bits per heavy atom. The molecule has 6 nitrogen and oxygen atoms in total. The van der Waals surface area contributed by atoms with E-state index in [2.05, 4.69) is 5.32 Å². The van der Waals surface area contributed by atoms with Gasteiger partial charge in [0.1, 0.15) is 5.82 Å². The third kappa shape index (κ3) is 4.99. The SMILES string of the molecule is CS(=O)CCCNC(=O)c1cc(S(N)(=O)=O)ccc1F. The molecule has 0 radical (unpaired) electrons. The molecular weight excluding hydrogens is 307 g/mol. The van der Waals surface area contributed by atoms with Gasteiger partial charge in [0.2, 0.25) is 10.0 Å². The van der Waals surface area contributed by atoms with E-state index in [1.165, 1.54) is 6.26 Å². The molecule has 1 unspecified atom stereocenters. The maximum Gasteiger partial charge on any atom is 0.254 e. The van der Waals surface area contributed by atoms with E-state index < -0.39 is 38.1 Å². The molecule has 3 N–H and O–H groups in total. The van der Waals surface area contributed by atoms with E-state index in [0.717, 1.165) is 18.2 Å². The molecule has 0 fully saturated rings. The minimum Gasteiger partial charge on any atom is -0.352 e. The molecule has 0 aliphatic rings. The van der Waals surface area contributed by atoms with Gasteiger partial charge in [-0.1, -0.05) is 0 Å². The molecule has 0 saturated carbocycles. The average molecular weight is 322 g/mol. The van der Waals surface area contributed by atoms with Gasteiger partial charge in [0.05, 0.1) is 10.5 Å². The van der Waals surface area contributed by atoms with Crippen LogP contribution in [-0.2, 0) is 20.8 Å². The number of halogens is 1. The Morgan fingerprint density at radius 2 is 2.10 bits per heavy atom. The van der Waals surface area contributed by atoms with Crippen molar-refractivity contribution in [3.05, 3.63) is 29.6 Å². The first-order valence-electron chi connectivity index (χ1n) is 5.62. The molecule has 0 heterocycles. The van der Waals surface area contributed by atoms with Gasteiger partial charge >= 0.3 is 0 Å². The van der Waals surface area contributed by atoms with Crippen molar-refractivity contribution in [1.29, 1.82) is 0 Å². The van der Waals surface area contributed by atoms with Gasteiger partial charge in [-0.3, -0.25) is 9.00 Å². The second kappa shape index (κ2) is 6.91. The summed E-state index contributed by atoms with van der Waals surface area (Å²) in [6.07, 6.45) is 2.02. The third-order valence-corrected chi connectivity index (χ3v) is 4.18. The zero-order valence-electron chi connectivity index (χ0n) is 10.8. The van der Waals surface area contributed by atoms with Crippen molar-refractivity contribution < 1.29 is 21.8 Å². The van der Waals surface area contributed by atoms with Crippen molar-refractivity contribution in [3.8, 4) is 0 Å². The van der Waals surface area contributed by atoms with Crippen LogP contribution in [0.4, 0.5) is 4.39 Å². The normalized spacial score (nSPS) is 12.9. The van der Waals surface area contributed by atoms with E-state index >= 15 is 0 Å². The molecule has 1 rings (SSSR count). The highest BCUT2D eigenvalue weighted by Crippen LogP contribution is 2.13. The summed E-state index contributed by atoms with van der Waals surface area (Å²) in [5.41, 5.74) is -0.394. The number of nitrogens with two attached hydrogens (primary N) is 1. The van der Waals surface area contributed by atoms with Crippen molar-refractivity contribution in [2.75, 3.05) is 18.6 Å². The highest BCUT2D eigenvalue weighted by atomic mass is 32.2. The number of hydrogen-bond donors (Lipinski definition) is 2. The molecule has 0 aromatic heterocycles. The van der Waals surface area contributed by atoms with Crippen LogP contribution in [0.5, 0.6) is 0 Å². The smallest absolute Gasteiger partial charge is 0.254 e. The molecule has 0 bridgehead atoms. The second-order valence-corrected chi connectivity index (χ2v) is 7.19. The maximum atomic E-state index is 13.5. The number of amides is 1. The number of benzene rings is 1. The van der Waals surface area contributed by atoms with Crippen LogP contribution < -0.4 is 10.5 Å². The first kappa shape index (κ1) is 16.7. The number of carbonyl (C=O) groups excluding carboxylic acids is 1. The van der Waals surface area contributed by atoms with Gasteiger partial charge in [-0.15, -0.1) is 0 Å². The van der Waals surface area contributed by atoms with E-state index in [1.807, 2.05) is 0 Å². The number of hydrogen-bond acceptors (Lipinski definition) is 4. The topological polar surface area (TPSA) is 106 Å². The Hall–Kier alpha value is -1.32. The zero-order valence-corrected chi connectivity index (χ0v) is 12.4. The van der Waals surface area contributed by atoms with Crippen LogP contribution in [0.1, 0.15) is 16.8 Å². The number of rotatable bonds is 6. The van der Waals surface area contributed by atoms with Gasteiger partial charge in [0.25, 0.3) is 5.91 Å². The van der Waals surface area contributed by atoms with Crippen molar-refractivity contribution in [1.82, 2.24) is 5.32 Å². The van der Waals surface area contributed by atoms with E-state index in [1.54, 1.807) is 0 Å². The molecule has 9 heteroatoms. The quantitative estimate of drug-likeness (QED) is 0.717. The van der Waals surface area contributed by atoms with Crippen LogP contribution in [0.2, 0.25) is 0 Å². The summed E-state index contributed by atoms with van der Waals surface area (Å²) in [7, 11) is -4.96. The summed E-state index contributed by atoms with van der Waals surface area (Å²) in [6, 6.07) is 2.75. The van der Waals surface area contributed by atoms with Crippen LogP contribution in [-0.4, -0.2) is 37.1 Å². The molecule has 0 aliphatic heterocycles. The lowest BCUT2D eigenvalue weighted by Crippen LogP contribution is -2.26. The molecule has 1 amide bonds. The largest absolute Gasteiger partial charge is 0.352 e. The number of sulfonamides is 1. The lowest BCUT2D eigenvalue weighted by atomic mass is 10.2. The fourth-order valence-electron chi connectivity index (χ4n) is 1.43. The highest BCUT2D eigenvalue weighted by Gasteiger charge is 2.16. The van der Waals surface area contributed by atoms with Crippen LogP contribution in [0.25, 0.3) is 0 Å². The molecule has 112 valence electrons. The van der Waals surface area contributed by atoms with E-state index in [4.69, 9.17) is 5.14 Å². The zero-order chi connectivity index (χ0) is 15.3. The van der Waals surface area contributed by atoms with Gasteiger partial charge in [-0.05, 0) is 24.6 Å². The van der Waals surface area contributed by atoms with E-state index in [0.29, 0.717) is 12.2 Å². The predicted molar refractivity (Wildman–Crippen MR) is 73.7 cm³/mol. The molecule has 0 spiro atoms. The van der Waals surface area contributed by atoms with Crippen molar-refractivity contribution in [2.45, 2.75) is 11.3 Å². The van der Waals surface area contributed by atoms with Gasteiger partial charge in [0.15, 0.2) is 0 Å². The van der Waals surface area contributed by atoms with Crippen molar-refractivity contribution in [2.24, 2.45) is 5.14 Å². The lowest BCUT2D eigenvalue weighted by Gasteiger charge is -2.07. The summed E-state index contributed by atoms with van der Waals surface area (Å²) < 4.78 is 46.6. The first-order valence-corrected chi connectivity index (χ1v) is 8.89. The molecule has 0 aliphatic carbocycles. The predicted octanol–water partition coefficient (Wildman–Crippen LogP) is -0.0285. The Morgan fingerprint density at radius 1 is 1.45 bits per heavy atom. The average Bonchev–Trinajstić information content (AvgIpc) is 2.33. The van der Waals surface area contributed by atoms with Gasteiger partial charge < -0.3 is 5.32 Å². The number of nitrogens with one attached hydrogen (secondary N) is 1. The maximum absolute atomic E-state index is 13.5. The Labute approximate surface area is 119 Å². The molecule has 1 atom stereocenters. The molecule has 0 saturated heterocycles. The Kier molecular flexibility index (Phi) is 5.78. The van der Waals surface area contributed by atoms with E-state index in [9.17, 15) is 21.8 Å². The third-order valence-electron chi connectivity index (χ3n) is 2.41. The molecular formula is C11H15FN2O4S2. The molecule has 1 aromatic rings. The summed E-state index contributed by atoms with van der Waals surface area (Å²) in [6.45, 7) is 0.220. The molecule has 20 heavy (non-hydrogen) atoms. The highest BCUT2D eigenvalue weighted by molar-refractivity contribution is 7.89. The summed E-state index contributed by atoms with van der Waals surface area (Å²) in [4.78, 5) is 11.4.